The number of nitrogens with one attached hydrogen (secondary N) is 1. The van der Waals surface area contributed by atoms with Gasteiger partial charge in [-0.15, -0.1) is 11.3 Å². The van der Waals surface area contributed by atoms with Crippen molar-refractivity contribution in [3.05, 3.63) is 82.6 Å². The van der Waals surface area contributed by atoms with Crippen LogP contribution in [0.25, 0.3) is 10.2 Å². The third kappa shape index (κ3) is 4.75. The number of amides is 1. The van der Waals surface area contributed by atoms with Crippen molar-refractivity contribution in [2.75, 3.05) is 0 Å². The van der Waals surface area contributed by atoms with Crippen molar-refractivity contribution < 1.29 is 4.79 Å². The minimum atomic E-state index is 0.0834. The van der Waals surface area contributed by atoms with Gasteiger partial charge in [0.05, 0.1) is 34.0 Å². The average Bonchev–Trinajstić information content (AvgIpc) is 3.42. The summed E-state index contributed by atoms with van der Waals surface area (Å²) >= 11 is 1.76. The Hall–Kier alpha value is -2.99. The van der Waals surface area contributed by atoms with E-state index in [0.717, 1.165) is 55.6 Å². The maximum atomic E-state index is 12.6. The molecule has 0 fully saturated rings. The number of carbonyl (C=O) groups excluding carboxylic acids is 1. The predicted molar refractivity (Wildman–Crippen MR) is 129 cm³/mol. The van der Waals surface area contributed by atoms with Gasteiger partial charge in [0.2, 0.25) is 5.91 Å². The zero-order chi connectivity index (χ0) is 21.8. The quantitative estimate of drug-likeness (QED) is 0.368. The SMILES string of the molecule is O=C(CCCCc1nc2ccccc2s1)NC1CCCc2c1cnn2Cc1ccccc1. The minimum Gasteiger partial charge on any atom is -0.349 e. The van der Waals surface area contributed by atoms with Gasteiger partial charge in [0.25, 0.3) is 0 Å². The van der Waals surface area contributed by atoms with Gasteiger partial charge in [-0.1, -0.05) is 42.5 Å². The number of carbonyl (C=O) groups is 1. The molecule has 0 saturated heterocycles. The van der Waals surface area contributed by atoms with Crippen LogP contribution in [0.2, 0.25) is 0 Å². The first-order valence-electron chi connectivity index (χ1n) is 11.5. The number of hydrogen-bond donors (Lipinski definition) is 1. The summed E-state index contributed by atoms with van der Waals surface area (Å²) in [5, 5.41) is 9.07. The van der Waals surface area contributed by atoms with E-state index >= 15 is 0 Å². The Morgan fingerprint density at radius 3 is 2.81 bits per heavy atom. The first-order valence-corrected chi connectivity index (χ1v) is 12.3. The molecule has 164 valence electrons. The monoisotopic (exact) mass is 444 g/mol. The lowest BCUT2D eigenvalue weighted by molar-refractivity contribution is -0.122. The predicted octanol–water partition coefficient (Wildman–Crippen LogP) is 5.45. The summed E-state index contributed by atoms with van der Waals surface area (Å²) in [4.78, 5) is 17.3. The largest absolute Gasteiger partial charge is 0.349 e. The Balaban J connectivity index is 1.13. The molecule has 0 aliphatic heterocycles. The van der Waals surface area contributed by atoms with Crippen LogP contribution in [0, 0.1) is 0 Å². The highest BCUT2D eigenvalue weighted by molar-refractivity contribution is 7.18. The molecular weight excluding hydrogens is 416 g/mol. The first kappa shape index (κ1) is 20.9. The van der Waals surface area contributed by atoms with Crippen molar-refractivity contribution in [3.63, 3.8) is 0 Å². The third-order valence-corrected chi connectivity index (χ3v) is 7.25. The lowest BCUT2D eigenvalue weighted by Gasteiger charge is -2.24. The topological polar surface area (TPSA) is 59.8 Å². The Kier molecular flexibility index (Phi) is 6.30. The summed E-state index contributed by atoms with van der Waals surface area (Å²) < 4.78 is 3.34. The highest BCUT2D eigenvalue weighted by Gasteiger charge is 2.25. The van der Waals surface area contributed by atoms with Gasteiger partial charge >= 0.3 is 0 Å². The number of para-hydroxylation sites is 1. The Morgan fingerprint density at radius 2 is 1.94 bits per heavy atom. The summed E-state index contributed by atoms with van der Waals surface area (Å²) in [7, 11) is 0. The number of rotatable bonds is 8. The molecule has 1 atom stereocenters. The van der Waals surface area contributed by atoms with Crippen LogP contribution < -0.4 is 5.32 Å². The van der Waals surface area contributed by atoms with Gasteiger partial charge in [0, 0.05) is 17.7 Å². The molecule has 6 heteroatoms. The van der Waals surface area contributed by atoms with Gasteiger partial charge in [0.15, 0.2) is 0 Å². The summed E-state index contributed by atoms with van der Waals surface area (Å²) in [5.41, 5.74) is 4.78. The van der Waals surface area contributed by atoms with Crippen molar-refractivity contribution >= 4 is 27.5 Å². The molecule has 1 aliphatic carbocycles. The molecule has 1 unspecified atom stereocenters. The molecule has 32 heavy (non-hydrogen) atoms. The van der Waals surface area contributed by atoms with E-state index in [1.165, 1.54) is 21.5 Å². The molecular formula is C26H28N4OS. The van der Waals surface area contributed by atoms with Crippen LogP contribution in [-0.4, -0.2) is 20.7 Å². The lowest BCUT2D eigenvalue weighted by atomic mass is 9.92. The molecule has 2 heterocycles. The van der Waals surface area contributed by atoms with E-state index in [4.69, 9.17) is 0 Å². The molecule has 0 radical (unpaired) electrons. The van der Waals surface area contributed by atoms with E-state index in [-0.39, 0.29) is 11.9 Å². The molecule has 5 rings (SSSR count). The van der Waals surface area contributed by atoms with Crippen molar-refractivity contribution in [2.45, 2.75) is 57.5 Å². The normalized spacial score (nSPS) is 15.6. The second-order valence-electron chi connectivity index (χ2n) is 8.48. The average molecular weight is 445 g/mol. The van der Waals surface area contributed by atoms with Gasteiger partial charge in [-0.05, 0) is 56.2 Å². The Morgan fingerprint density at radius 1 is 1.09 bits per heavy atom. The zero-order valence-corrected chi connectivity index (χ0v) is 19.0. The number of unbranched alkanes of at least 4 members (excludes halogenated alkanes) is 1. The standard InChI is InChI=1S/C26H28N4OS/c31-25(15-6-7-16-26-29-22-11-4-5-14-24(22)32-26)28-21-12-8-13-23-20(21)17-27-30(23)18-19-9-2-1-3-10-19/h1-5,9-11,14,17,21H,6-8,12-13,15-16,18H2,(H,28,31). The molecule has 0 saturated carbocycles. The smallest absolute Gasteiger partial charge is 0.220 e. The molecule has 2 aromatic carbocycles. The fourth-order valence-electron chi connectivity index (χ4n) is 4.52. The number of aryl methyl sites for hydroxylation is 1. The third-order valence-electron chi connectivity index (χ3n) is 6.16. The van der Waals surface area contributed by atoms with Gasteiger partial charge in [-0.3, -0.25) is 9.48 Å². The second kappa shape index (κ2) is 9.65. The van der Waals surface area contributed by atoms with Crippen molar-refractivity contribution in [3.8, 4) is 0 Å². The van der Waals surface area contributed by atoms with E-state index in [1.807, 2.05) is 18.3 Å². The van der Waals surface area contributed by atoms with E-state index < -0.39 is 0 Å². The molecule has 1 amide bonds. The number of nitrogens with zero attached hydrogens (tertiary/aromatic N) is 3. The number of benzene rings is 2. The highest BCUT2D eigenvalue weighted by Crippen LogP contribution is 2.30. The lowest BCUT2D eigenvalue weighted by Crippen LogP contribution is -2.30. The zero-order valence-electron chi connectivity index (χ0n) is 18.2. The minimum absolute atomic E-state index is 0.0834. The molecule has 2 aromatic heterocycles. The molecule has 0 spiro atoms. The van der Waals surface area contributed by atoms with E-state index in [1.54, 1.807) is 11.3 Å². The van der Waals surface area contributed by atoms with Gasteiger partial charge < -0.3 is 5.32 Å². The number of hydrogen-bond acceptors (Lipinski definition) is 4. The van der Waals surface area contributed by atoms with Crippen LogP contribution in [0.15, 0.2) is 60.8 Å². The summed E-state index contributed by atoms with van der Waals surface area (Å²) in [6.45, 7) is 0.780. The molecule has 4 aromatic rings. The molecule has 0 bridgehead atoms. The maximum absolute atomic E-state index is 12.6. The highest BCUT2D eigenvalue weighted by atomic mass is 32.1. The van der Waals surface area contributed by atoms with Crippen molar-refractivity contribution in [1.82, 2.24) is 20.1 Å². The fraction of sp³-hybridized carbons (Fsp3) is 0.346. The van der Waals surface area contributed by atoms with E-state index in [0.29, 0.717) is 6.42 Å². The van der Waals surface area contributed by atoms with Crippen molar-refractivity contribution in [2.24, 2.45) is 0 Å². The summed E-state index contributed by atoms with van der Waals surface area (Å²) in [5.74, 6) is 0.142. The van der Waals surface area contributed by atoms with Crippen molar-refractivity contribution in [1.29, 1.82) is 0 Å². The fourth-order valence-corrected chi connectivity index (χ4v) is 5.53. The van der Waals surface area contributed by atoms with E-state index in [2.05, 4.69) is 62.5 Å². The molecule has 1 N–H and O–H groups in total. The summed E-state index contributed by atoms with van der Waals surface area (Å²) in [6, 6.07) is 18.8. The van der Waals surface area contributed by atoms with E-state index in [9.17, 15) is 4.79 Å². The van der Waals surface area contributed by atoms with Crippen LogP contribution in [0.3, 0.4) is 0 Å². The summed E-state index contributed by atoms with van der Waals surface area (Å²) in [6.07, 6.45) is 8.41. The van der Waals surface area contributed by atoms with Crippen LogP contribution in [0.5, 0.6) is 0 Å². The van der Waals surface area contributed by atoms with Gasteiger partial charge in [0.1, 0.15) is 0 Å². The van der Waals surface area contributed by atoms with Gasteiger partial charge in [-0.2, -0.15) is 5.10 Å². The van der Waals surface area contributed by atoms with Crippen LogP contribution in [-0.2, 0) is 24.2 Å². The van der Waals surface area contributed by atoms with Gasteiger partial charge in [-0.25, -0.2) is 4.98 Å². The first-order chi connectivity index (χ1) is 15.8. The molecule has 5 nitrogen and oxygen atoms in total. The molecule has 1 aliphatic rings. The Bertz CT molecular complexity index is 1160. The van der Waals surface area contributed by atoms with Crippen LogP contribution in [0.4, 0.5) is 0 Å². The number of fused-ring (bicyclic) bond motifs is 2. The maximum Gasteiger partial charge on any atom is 0.220 e. The number of aromatic nitrogens is 3. The Labute approximate surface area is 192 Å². The number of thiazole rings is 1. The van der Waals surface area contributed by atoms with Crippen LogP contribution in [0.1, 0.15) is 60.0 Å². The second-order valence-corrected chi connectivity index (χ2v) is 9.60. The van der Waals surface area contributed by atoms with Crippen LogP contribution >= 0.6 is 11.3 Å².